The fourth-order valence-corrected chi connectivity index (χ4v) is 5.20. The molecule has 0 unspecified atom stereocenters. The van der Waals surface area contributed by atoms with Gasteiger partial charge in [-0.1, -0.05) is 48.5 Å². The Bertz CT molecular complexity index is 382. The molecule has 2 saturated heterocycles. The molecule has 176 valence electrons. The Balaban J connectivity index is 0.00000184. The average molecular weight is 414 g/mol. The number of piperazine rings is 1. The zero-order chi connectivity index (χ0) is 22.5. The van der Waals surface area contributed by atoms with Crippen LogP contribution in [-0.2, 0) is 4.74 Å². The van der Waals surface area contributed by atoms with Gasteiger partial charge >= 0.3 is 0 Å². The molecule has 0 spiro atoms. The number of nitrogens with zero attached hydrogens (tertiary/aromatic N) is 3. The van der Waals surface area contributed by atoms with Gasteiger partial charge in [-0.05, 0) is 64.1 Å². The van der Waals surface area contributed by atoms with Crippen LogP contribution in [0.2, 0.25) is 0 Å². The lowest BCUT2D eigenvalue weighted by atomic mass is 9.67. The summed E-state index contributed by atoms with van der Waals surface area (Å²) >= 11 is 0. The molecule has 29 heavy (non-hydrogen) atoms. The van der Waals surface area contributed by atoms with Crippen molar-refractivity contribution in [3.63, 3.8) is 0 Å². The highest BCUT2D eigenvalue weighted by atomic mass is 16.5. The van der Waals surface area contributed by atoms with E-state index in [0.29, 0.717) is 11.0 Å². The number of methoxy groups -OCH3 is 1. The third-order valence-electron chi connectivity index (χ3n) is 6.87. The van der Waals surface area contributed by atoms with E-state index in [1.54, 1.807) is 7.11 Å². The monoisotopic (exact) mass is 413 g/mol. The lowest BCUT2D eigenvalue weighted by Crippen LogP contribution is -2.56. The van der Waals surface area contributed by atoms with Gasteiger partial charge in [-0.2, -0.15) is 0 Å². The molecule has 0 aliphatic carbocycles. The Labute approximate surface area is 184 Å². The molecule has 4 heteroatoms. The highest BCUT2D eigenvalue weighted by Crippen LogP contribution is 2.42. The van der Waals surface area contributed by atoms with Gasteiger partial charge in [0, 0.05) is 45.4 Å². The van der Waals surface area contributed by atoms with Crippen molar-refractivity contribution in [1.29, 1.82) is 0 Å². The number of hydrogen-bond donors (Lipinski definition) is 0. The number of likely N-dealkylation sites (tertiary alicyclic amines) is 1. The summed E-state index contributed by atoms with van der Waals surface area (Å²) in [6.07, 6.45) is 4.05. The largest absolute Gasteiger partial charge is 0.383 e. The summed E-state index contributed by atoms with van der Waals surface area (Å²) in [5.41, 5.74) is 0.718. The molecule has 0 aromatic heterocycles. The molecule has 0 atom stereocenters. The van der Waals surface area contributed by atoms with Crippen LogP contribution >= 0.6 is 0 Å². The highest BCUT2D eigenvalue weighted by molar-refractivity contribution is 4.93. The Morgan fingerprint density at radius 2 is 1.31 bits per heavy atom. The fraction of sp³-hybridized carbons (Fsp3) is 1.00. The first-order chi connectivity index (χ1) is 13.8. The van der Waals surface area contributed by atoms with Crippen LogP contribution in [0.25, 0.3) is 0 Å². The minimum Gasteiger partial charge on any atom is -0.383 e. The van der Waals surface area contributed by atoms with E-state index >= 15 is 0 Å². The predicted molar refractivity (Wildman–Crippen MR) is 130 cm³/mol. The molecule has 4 nitrogen and oxygen atoms in total. The maximum Gasteiger partial charge on any atom is 0.0589 e. The lowest BCUT2D eigenvalue weighted by molar-refractivity contribution is -0.00290. The molecule has 2 aliphatic rings. The van der Waals surface area contributed by atoms with Gasteiger partial charge in [0.15, 0.2) is 0 Å². The molecule has 0 aromatic rings. The van der Waals surface area contributed by atoms with E-state index in [0.717, 1.165) is 19.1 Å². The van der Waals surface area contributed by atoms with E-state index in [-0.39, 0.29) is 0 Å². The molecular weight excluding hydrogens is 358 g/mol. The second kappa shape index (κ2) is 14.8. The van der Waals surface area contributed by atoms with E-state index in [9.17, 15) is 0 Å². The van der Waals surface area contributed by atoms with Crippen LogP contribution in [-0.4, -0.2) is 86.3 Å². The van der Waals surface area contributed by atoms with E-state index in [1.165, 1.54) is 65.1 Å². The van der Waals surface area contributed by atoms with Crippen LogP contribution in [0.4, 0.5) is 0 Å². The molecule has 2 rings (SSSR count). The van der Waals surface area contributed by atoms with E-state index in [4.69, 9.17) is 4.74 Å². The normalized spacial score (nSPS) is 20.5. The average Bonchev–Trinajstić information content (AvgIpc) is 2.74. The summed E-state index contributed by atoms with van der Waals surface area (Å²) in [5.74, 6) is 0.873. The predicted octanol–water partition coefficient (Wildman–Crippen LogP) is 5.23. The zero-order valence-electron chi connectivity index (χ0n) is 21.8. The van der Waals surface area contributed by atoms with Crippen LogP contribution in [0.5, 0.6) is 0 Å². The van der Waals surface area contributed by atoms with Gasteiger partial charge in [0.2, 0.25) is 0 Å². The third kappa shape index (κ3) is 9.67. The van der Waals surface area contributed by atoms with Gasteiger partial charge in [0.1, 0.15) is 0 Å². The summed E-state index contributed by atoms with van der Waals surface area (Å²) < 4.78 is 5.23. The molecule has 0 amide bonds. The molecule has 0 saturated carbocycles. The maximum absolute atomic E-state index is 5.23. The highest BCUT2D eigenvalue weighted by Gasteiger charge is 2.39. The van der Waals surface area contributed by atoms with Gasteiger partial charge in [0.25, 0.3) is 0 Å². The van der Waals surface area contributed by atoms with Crippen LogP contribution in [0.15, 0.2) is 0 Å². The van der Waals surface area contributed by atoms with Crippen molar-refractivity contribution in [2.75, 3.05) is 66.1 Å². The molecule has 0 aromatic carbocycles. The lowest BCUT2D eigenvalue weighted by Gasteiger charge is -2.50. The van der Waals surface area contributed by atoms with Crippen molar-refractivity contribution in [1.82, 2.24) is 14.7 Å². The molecular formula is C25H55N3O. The van der Waals surface area contributed by atoms with Crippen molar-refractivity contribution < 1.29 is 4.74 Å². The second-order valence-electron chi connectivity index (χ2n) is 9.51. The topological polar surface area (TPSA) is 19.0 Å². The van der Waals surface area contributed by atoms with Crippen molar-refractivity contribution in [3.8, 4) is 0 Å². The SMILES string of the molecule is CC.CC.CCN1CCC(C(C)(C)CC(C)(C)N2CCN(CCOC)CC2)CC1. The van der Waals surface area contributed by atoms with Gasteiger partial charge in [-0.3, -0.25) is 9.80 Å². The smallest absolute Gasteiger partial charge is 0.0589 e. The summed E-state index contributed by atoms with van der Waals surface area (Å²) in [5, 5.41) is 0. The van der Waals surface area contributed by atoms with Gasteiger partial charge < -0.3 is 9.64 Å². The van der Waals surface area contributed by atoms with E-state index < -0.39 is 0 Å². The number of hydrogen-bond acceptors (Lipinski definition) is 4. The minimum absolute atomic E-state index is 0.290. The van der Waals surface area contributed by atoms with E-state index in [2.05, 4.69) is 49.3 Å². The molecule has 0 N–H and O–H groups in total. The molecule has 2 heterocycles. The second-order valence-corrected chi connectivity index (χ2v) is 9.51. The number of piperidine rings is 1. The zero-order valence-corrected chi connectivity index (χ0v) is 21.8. The van der Waals surface area contributed by atoms with Gasteiger partial charge in [-0.15, -0.1) is 0 Å². The minimum atomic E-state index is 0.290. The Hall–Kier alpha value is -0.160. The Kier molecular flexibility index (Phi) is 14.7. The van der Waals surface area contributed by atoms with Crippen molar-refractivity contribution in [2.45, 2.75) is 87.1 Å². The van der Waals surface area contributed by atoms with Crippen LogP contribution in [0.3, 0.4) is 0 Å². The summed E-state index contributed by atoms with van der Waals surface area (Å²) in [7, 11) is 1.80. The summed E-state index contributed by atoms with van der Waals surface area (Å²) in [6, 6.07) is 0. The number of ether oxygens (including phenoxy) is 1. The standard InChI is InChI=1S/C21H43N3O.2C2H6/c1-7-22-10-8-19(9-11-22)20(2,3)18-21(4,5)24-14-12-23(13-15-24)16-17-25-6;2*1-2/h19H,7-18H2,1-6H3;2*1-2H3. The molecule has 0 radical (unpaired) electrons. The summed E-state index contributed by atoms with van der Waals surface area (Å²) in [6.45, 7) is 30.8. The number of rotatable bonds is 8. The summed E-state index contributed by atoms with van der Waals surface area (Å²) in [4.78, 5) is 7.89. The quantitative estimate of drug-likeness (QED) is 0.542. The first kappa shape index (κ1) is 28.8. The van der Waals surface area contributed by atoms with Crippen molar-refractivity contribution in [2.24, 2.45) is 11.3 Å². The molecule has 2 fully saturated rings. The van der Waals surface area contributed by atoms with Crippen molar-refractivity contribution in [3.05, 3.63) is 0 Å². The Morgan fingerprint density at radius 1 is 0.793 bits per heavy atom. The van der Waals surface area contributed by atoms with Crippen molar-refractivity contribution >= 4 is 0 Å². The molecule has 0 bridgehead atoms. The van der Waals surface area contributed by atoms with E-state index in [1.807, 2.05) is 27.7 Å². The fourth-order valence-electron chi connectivity index (χ4n) is 5.20. The molecule has 2 aliphatic heterocycles. The van der Waals surface area contributed by atoms with Crippen LogP contribution in [0, 0.1) is 11.3 Å². The third-order valence-corrected chi connectivity index (χ3v) is 6.87. The van der Waals surface area contributed by atoms with Crippen LogP contribution in [0.1, 0.15) is 81.6 Å². The van der Waals surface area contributed by atoms with Gasteiger partial charge in [0.05, 0.1) is 6.61 Å². The first-order valence-corrected chi connectivity index (χ1v) is 12.5. The Morgan fingerprint density at radius 3 is 1.76 bits per heavy atom. The van der Waals surface area contributed by atoms with Gasteiger partial charge in [-0.25, -0.2) is 0 Å². The maximum atomic E-state index is 5.23. The van der Waals surface area contributed by atoms with Crippen LogP contribution < -0.4 is 0 Å². The first-order valence-electron chi connectivity index (χ1n) is 12.5.